The molecule has 488 valence electrons. The molecule has 0 aromatic heterocycles. The molecule has 0 radical (unpaired) electrons. The average molecular weight is 1270 g/mol. The lowest BCUT2D eigenvalue weighted by molar-refractivity contribution is -0.136. The van der Waals surface area contributed by atoms with Crippen LogP contribution in [0, 0.1) is 11.8 Å². The summed E-state index contributed by atoms with van der Waals surface area (Å²) < 4.78 is 29.2. The van der Waals surface area contributed by atoms with E-state index in [1.807, 2.05) is 152 Å². The summed E-state index contributed by atoms with van der Waals surface area (Å²) in [5.41, 5.74) is 4.64. The van der Waals surface area contributed by atoms with Crippen LogP contribution in [0.15, 0.2) is 121 Å². The van der Waals surface area contributed by atoms with E-state index < -0.39 is 35.7 Å². The molecule has 2 heterocycles. The number of benzene rings is 9. The van der Waals surface area contributed by atoms with E-state index >= 15 is 19.2 Å². The van der Waals surface area contributed by atoms with Crippen LogP contribution in [-0.2, 0) is 9.59 Å². The lowest BCUT2D eigenvalue weighted by Crippen LogP contribution is -2.55. The number of hydrogen-bond donors (Lipinski definition) is 0. The Morgan fingerprint density at radius 3 is 0.723 bits per heavy atom. The Morgan fingerprint density at radius 1 is 0.330 bits per heavy atom. The van der Waals surface area contributed by atoms with E-state index in [0.717, 1.165) is 32.1 Å². The molecule has 0 aliphatic carbocycles. The van der Waals surface area contributed by atoms with Gasteiger partial charge in [0.1, 0.15) is 58.1 Å². The van der Waals surface area contributed by atoms with Gasteiger partial charge in [0.15, 0.2) is 0 Å². The number of amides is 6. The van der Waals surface area contributed by atoms with Crippen LogP contribution in [0.5, 0.6) is 46.0 Å². The van der Waals surface area contributed by atoms with Gasteiger partial charge in [0.2, 0.25) is 11.8 Å². The third-order valence-corrected chi connectivity index (χ3v) is 18.8. The number of fused-ring (bicyclic) bond motifs is 2. The second-order valence-electron chi connectivity index (χ2n) is 27.3. The fraction of sp³-hybridized carbons (Fsp3) is 0.375. The number of hydrogen-bond acceptors (Lipinski definition) is 10. The van der Waals surface area contributed by atoms with Gasteiger partial charge in [-0.2, -0.15) is 0 Å². The predicted molar refractivity (Wildman–Crippen MR) is 373 cm³/mol. The monoisotopic (exact) mass is 1260 g/mol. The quantitative estimate of drug-likeness (QED) is 0.0325. The molecule has 0 fully saturated rings. The third-order valence-electron chi connectivity index (χ3n) is 18.8. The van der Waals surface area contributed by atoms with Gasteiger partial charge >= 0.3 is 0 Å². The average Bonchev–Trinajstić information content (AvgIpc) is 0.672. The molecule has 2 aliphatic heterocycles. The van der Waals surface area contributed by atoms with E-state index in [1.165, 1.54) is 0 Å². The van der Waals surface area contributed by atoms with Gasteiger partial charge in [-0.3, -0.25) is 38.6 Å². The molecular formula is C80H88N4O10. The van der Waals surface area contributed by atoms with Crippen molar-refractivity contribution in [1.82, 2.24) is 19.6 Å². The van der Waals surface area contributed by atoms with Crippen LogP contribution in [-0.4, -0.2) is 93.3 Å². The molecule has 2 unspecified atom stereocenters. The summed E-state index contributed by atoms with van der Waals surface area (Å²) >= 11 is 0. The highest BCUT2D eigenvalue weighted by molar-refractivity contribution is 6.45. The van der Waals surface area contributed by atoms with Crippen LogP contribution in [0.1, 0.15) is 211 Å². The maximum Gasteiger partial charge on any atom is 0.262 e. The van der Waals surface area contributed by atoms with Gasteiger partial charge in [-0.05, 0) is 171 Å². The topological polar surface area (TPSA) is 152 Å². The zero-order chi connectivity index (χ0) is 67.5. The molecule has 9 aromatic rings. The zero-order valence-corrected chi connectivity index (χ0v) is 57.3. The first-order valence-electron chi connectivity index (χ1n) is 33.7. The third kappa shape index (κ3) is 12.0. The zero-order valence-electron chi connectivity index (χ0n) is 57.3. The van der Waals surface area contributed by atoms with Crippen LogP contribution >= 0.6 is 0 Å². The van der Waals surface area contributed by atoms with Crippen molar-refractivity contribution in [1.29, 1.82) is 0 Å². The van der Waals surface area contributed by atoms with E-state index in [0.29, 0.717) is 81.5 Å². The molecule has 2 atom stereocenters. The highest BCUT2D eigenvalue weighted by atomic mass is 16.5. The lowest BCUT2D eigenvalue weighted by atomic mass is 9.80. The van der Waals surface area contributed by atoms with Crippen LogP contribution in [0.4, 0.5) is 0 Å². The van der Waals surface area contributed by atoms with Crippen molar-refractivity contribution in [3.8, 4) is 46.0 Å². The van der Waals surface area contributed by atoms with Crippen LogP contribution in [0.2, 0.25) is 0 Å². The number of carbonyl (C=O) groups is 6. The highest BCUT2D eigenvalue weighted by Gasteiger charge is 2.47. The molecule has 11 rings (SSSR count). The van der Waals surface area contributed by atoms with E-state index in [4.69, 9.17) is 18.9 Å². The van der Waals surface area contributed by atoms with Crippen LogP contribution in [0.3, 0.4) is 0 Å². The van der Waals surface area contributed by atoms with Crippen molar-refractivity contribution in [2.24, 2.45) is 11.8 Å². The van der Waals surface area contributed by atoms with Crippen molar-refractivity contribution >= 4 is 78.5 Å². The first-order valence-corrected chi connectivity index (χ1v) is 33.7. The van der Waals surface area contributed by atoms with Crippen molar-refractivity contribution < 1.29 is 47.7 Å². The summed E-state index contributed by atoms with van der Waals surface area (Å²) in [6, 6.07) is 35.2. The van der Waals surface area contributed by atoms with Gasteiger partial charge in [0, 0.05) is 69.3 Å². The van der Waals surface area contributed by atoms with Crippen molar-refractivity contribution in [2.45, 2.75) is 159 Å². The molecule has 14 nitrogen and oxygen atoms in total. The predicted octanol–water partition coefficient (Wildman–Crippen LogP) is 19.2. The van der Waals surface area contributed by atoms with Crippen molar-refractivity contribution in [3.63, 3.8) is 0 Å². The number of rotatable bonds is 24. The Hall–Kier alpha value is -9.30. The number of imide groups is 2. The minimum atomic E-state index is -1.19. The van der Waals surface area contributed by atoms with Gasteiger partial charge in [0.25, 0.3) is 23.6 Å². The SMILES string of the molecule is CCN(CC)C(=O)C(CC(C)C)N1C(=O)c2cc(Oc3ccc(C(C)C)cc3)c3c4c(Oc5ccc(C(C)C)cc5)cc5c6c(cc(Oc7ccc(C(C)C)cc7)c(c7c(Oc8ccc(C(C)C)cc8)cc(c2c37)C1=O)c64)C(=O)N(C(CC(C)C)C(=O)N(CC)CC)C5=O. The Kier molecular flexibility index (Phi) is 18.7. The fourth-order valence-electron chi connectivity index (χ4n) is 13.6. The number of carbonyl (C=O) groups excluding carboxylic acids is 6. The molecule has 0 saturated carbocycles. The summed E-state index contributed by atoms with van der Waals surface area (Å²) in [5, 5.41) is 2.72. The van der Waals surface area contributed by atoms with E-state index in [9.17, 15) is 9.59 Å². The van der Waals surface area contributed by atoms with E-state index in [2.05, 4.69) is 55.4 Å². The summed E-state index contributed by atoms with van der Waals surface area (Å²) in [4.78, 5) is 101. The molecule has 0 spiro atoms. The maximum absolute atomic E-state index is 16.2. The van der Waals surface area contributed by atoms with E-state index in [1.54, 1.807) is 34.1 Å². The molecule has 0 bridgehead atoms. The smallest absolute Gasteiger partial charge is 0.262 e. The highest BCUT2D eigenvalue weighted by Crippen LogP contribution is 2.58. The largest absolute Gasteiger partial charge is 0.457 e. The summed E-state index contributed by atoms with van der Waals surface area (Å²) in [6.07, 6.45) is 0.375. The Labute approximate surface area is 552 Å². The van der Waals surface area contributed by atoms with E-state index in [-0.39, 0.29) is 116 Å². The number of likely N-dealkylation sites (N-methyl/N-ethyl adjacent to an activating group) is 2. The van der Waals surface area contributed by atoms with Crippen molar-refractivity contribution in [2.75, 3.05) is 26.2 Å². The maximum atomic E-state index is 16.2. The van der Waals surface area contributed by atoms with Gasteiger partial charge in [-0.25, -0.2) is 0 Å². The lowest BCUT2D eigenvalue weighted by Gasteiger charge is -2.38. The van der Waals surface area contributed by atoms with Crippen molar-refractivity contribution in [3.05, 3.63) is 166 Å². The minimum absolute atomic E-state index is 0.0972. The molecule has 0 N–H and O–H groups in total. The molecule has 9 aromatic carbocycles. The Bertz CT molecular complexity index is 3890. The Balaban J connectivity index is 1.37. The van der Waals surface area contributed by atoms with Crippen LogP contribution < -0.4 is 18.9 Å². The first-order chi connectivity index (χ1) is 44.9. The number of nitrogens with zero attached hydrogens (tertiary/aromatic N) is 4. The normalized spacial score (nSPS) is 14.0. The summed E-state index contributed by atoms with van der Waals surface area (Å²) in [7, 11) is 0. The fourth-order valence-corrected chi connectivity index (χ4v) is 13.6. The van der Waals surface area contributed by atoms with Gasteiger partial charge in [-0.15, -0.1) is 0 Å². The van der Waals surface area contributed by atoms with Gasteiger partial charge < -0.3 is 28.7 Å². The second kappa shape index (κ2) is 26.6. The Morgan fingerprint density at radius 2 is 0.543 bits per heavy atom. The summed E-state index contributed by atoms with van der Waals surface area (Å²) in [6.45, 7) is 33.7. The number of ether oxygens (including phenoxy) is 4. The standard InChI is InChI=1S/C80H88N4O10/c1-17-81(18-2)79(89)61(37-43(5)6)83-75(85)57-39-63(91-53-29-21-49(22-30-53)45(9)10)69-71-65(93-55-33-25-51(26-34-55)47(13)14)41-59-68-60(78(88)84(77(59)87)62(38-44(7)8)80(90)82(19-3)20-4)42-66(94-56-35-27-52(28-36-56)48(15)16)72(74(68)71)70-64(40-58(76(83)86)67(57)73(69)70)92-54-31-23-50(24-32-54)46(11)12/h21-36,39-48,61-62H,17-20,37-38H2,1-16H3. The molecule has 6 amide bonds. The molecule has 14 heteroatoms. The summed E-state index contributed by atoms with van der Waals surface area (Å²) in [5.74, 6) is -0.612. The van der Waals surface area contributed by atoms with Gasteiger partial charge in [0.05, 0.1) is 22.3 Å². The second-order valence-corrected chi connectivity index (χ2v) is 27.3. The minimum Gasteiger partial charge on any atom is -0.457 e. The molecule has 94 heavy (non-hydrogen) atoms. The molecule has 2 aliphatic rings. The molecule has 0 saturated heterocycles. The van der Waals surface area contributed by atoms with Crippen LogP contribution in [0.25, 0.3) is 43.1 Å². The van der Waals surface area contributed by atoms with Gasteiger partial charge in [-0.1, -0.05) is 132 Å². The molecular weight excluding hydrogens is 1180 g/mol. The first kappa shape index (κ1) is 66.2.